The van der Waals surface area contributed by atoms with Crippen molar-refractivity contribution < 1.29 is 26.5 Å². The maximum Gasteiger partial charge on any atom is 0.442 e. The highest BCUT2D eigenvalue weighted by Gasteiger charge is 2.29. The Bertz CT molecular complexity index is 1310. The fourth-order valence-corrected chi connectivity index (χ4v) is 4.13. The van der Waals surface area contributed by atoms with E-state index in [-0.39, 0.29) is 45.9 Å². The van der Waals surface area contributed by atoms with Crippen LogP contribution >= 0.6 is 0 Å². The van der Waals surface area contributed by atoms with Crippen molar-refractivity contribution in [1.82, 2.24) is 25.3 Å². The Morgan fingerprint density at radius 2 is 1.62 bits per heavy atom. The zero-order chi connectivity index (χ0) is 29.1. The van der Waals surface area contributed by atoms with Gasteiger partial charge in [-0.3, -0.25) is 23.7 Å². The standard InChI is InChI=1S/C29H37N5O6.2H2/c1-19(2)14-23(25(35)17-34-26(33-40-29(34)38)16-22-12-8-9-13-30-22)31-27(36)24(15-20(3)4)32-28(37)39-18-21-10-6-5-7-11-21;;/h5-13,19-20,23-24H,14-18H2,1-4H3,(H,31,36)(H,32,37);2*1H/t23-,24-;;/m0../s1. The summed E-state index contributed by atoms with van der Waals surface area (Å²) >= 11 is 0. The van der Waals surface area contributed by atoms with Crippen LogP contribution < -0.4 is 16.4 Å². The Labute approximate surface area is 236 Å². The molecule has 0 unspecified atom stereocenters. The molecule has 0 aliphatic carbocycles. The molecule has 0 fully saturated rings. The molecule has 2 amide bonds. The van der Waals surface area contributed by atoms with Crippen LogP contribution in [0.25, 0.3) is 0 Å². The van der Waals surface area contributed by atoms with Crippen molar-refractivity contribution in [1.29, 1.82) is 0 Å². The number of pyridine rings is 1. The Morgan fingerprint density at radius 3 is 2.27 bits per heavy atom. The maximum atomic E-state index is 13.4. The number of ketones is 1. The summed E-state index contributed by atoms with van der Waals surface area (Å²) in [5, 5.41) is 9.24. The van der Waals surface area contributed by atoms with Crippen LogP contribution in [0.4, 0.5) is 4.79 Å². The molecule has 0 spiro atoms. The van der Waals surface area contributed by atoms with E-state index in [9.17, 15) is 19.2 Å². The number of nitrogens with one attached hydrogen (secondary N) is 2. The van der Waals surface area contributed by atoms with Crippen molar-refractivity contribution in [3.63, 3.8) is 0 Å². The Balaban J connectivity index is 0.00000441. The van der Waals surface area contributed by atoms with Gasteiger partial charge in [-0.05, 0) is 42.4 Å². The molecule has 3 aromatic rings. The van der Waals surface area contributed by atoms with Gasteiger partial charge >= 0.3 is 11.8 Å². The summed E-state index contributed by atoms with van der Waals surface area (Å²) in [6.07, 6.45) is 1.77. The summed E-state index contributed by atoms with van der Waals surface area (Å²) in [6, 6.07) is 12.8. The monoisotopic (exact) mass is 555 g/mol. The molecule has 40 heavy (non-hydrogen) atoms. The van der Waals surface area contributed by atoms with Crippen LogP contribution in [0, 0.1) is 11.8 Å². The van der Waals surface area contributed by atoms with E-state index in [4.69, 9.17) is 9.26 Å². The number of aromatic nitrogens is 3. The third-order valence-electron chi connectivity index (χ3n) is 6.08. The number of hydrogen-bond acceptors (Lipinski definition) is 8. The molecular weight excluding hydrogens is 514 g/mol. The van der Waals surface area contributed by atoms with E-state index in [0.717, 1.165) is 10.1 Å². The molecule has 0 aliphatic heterocycles. The van der Waals surface area contributed by atoms with Gasteiger partial charge in [-0.2, -0.15) is 0 Å². The van der Waals surface area contributed by atoms with Crippen molar-refractivity contribution >= 4 is 17.8 Å². The lowest BCUT2D eigenvalue weighted by molar-refractivity contribution is -0.129. The van der Waals surface area contributed by atoms with E-state index >= 15 is 0 Å². The van der Waals surface area contributed by atoms with E-state index in [1.807, 2.05) is 64.1 Å². The van der Waals surface area contributed by atoms with Gasteiger partial charge in [-0.1, -0.05) is 69.2 Å². The van der Waals surface area contributed by atoms with Crippen LogP contribution in [0.2, 0.25) is 0 Å². The van der Waals surface area contributed by atoms with Gasteiger partial charge in [0.25, 0.3) is 0 Å². The molecule has 2 heterocycles. The minimum absolute atomic E-state index is 0. The van der Waals surface area contributed by atoms with Gasteiger partial charge in [-0.15, -0.1) is 0 Å². The average molecular weight is 556 g/mol. The molecule has 0 bridgehead atoms. The number of rotatable bonds is 14. The molecule has 218 valence electrons. The quantitative estimate of drug-likeness (QED) is 0.306. The first-order valence-electron chi connectivity index (χ1n) is 13.4. The van der Waals surface area contributed by atoms with Gasteiger partial charge in [0.2, 0.25) is 5.91 Å². The molecule has 0 radical (unpaired) electrons. The van der Waals surface area contributed by atoms with Gasteiger partial charge in [0.05, 0.1) is 19.0 Å². The lowest BCUT2D eigenvalue weighted by atomic mass is 9.98. The van der Waals surface area contributed by atoms with Gasteiger partial charge in [0.15, 0.2) is 11.6 Å². The summed E-state index contributed by atoms with van der Waals surface area (Å²) in [6.45, 7) is 7.44. The third-order valence-corrected chi connectivity index (χ3v) is 6.08. The highest BCUT2D eigenvalue weighted by molar-refractivity contribution is 5.92. The predicted molar refractivity (Wildman–Crippen MR) is 151 cm³/mol. The van der Waals surface area contributed by atoms with E-state index in [0.29, 0.717) is 18.5 Å². The number of amides is 2. The number of alkyl carbamates (subject to hydrolysis) is 1. The van der Waals surface area contributed by atoms with E-state index in [2.05, 4.69) is 20.8 Å². The Morgan fingerprint density at radius 1 is 0.950 bits per heavy atom. The average Bonchev–Trinajstić information content (AvgIpc) is 3.25. The number of carbonyl (C=O) groups excluding carboxylic acids is 3. The number of Topliss-reactive ketones (excluding diaryl/α,β-unsaturated/α-hetero) is 1. The molecular formula is C29H41N5O6. The summed E-state index contributed by atoms with van der Waals surface area (Å²) in [7, 11) is 0. The summed E-state index contributed by atoms with van der Waals surface area (Å²) in [4.78, 5) is 55.8. The van der Waals surface area contributed by atoms with Gasteiger partial charge in [-0.25, -0.2) is 9.59 Å². The minimum atomic E-state index is -0.913. The van der Waals surface area contributed by atoms with Crippen LogP contribution in [0.1, 0.15) is 60.5 Å². The van der Waals surface area contributed by atoms with Crippen molar-refractivity contribution in [2.45, 2.75) is 72.2 Å². The first-order chi connectivity index (χ1) is 19.1. The second kappa shape index (κ2) is 14.8. The highest BCUT2D eigenvalue weighted by atomic mass is 16.5. The first-order valence-corrected chi connectivity index (χ1v) is 13.4. The molecule has 1 aromatic carbocycles. The fraction of sp³-hybridized carbons (Fsp3) is 0.448. The molecule has 3 rings (SSSR count). The third kappa shape index (κ3) is 9.48. The first kappa shape index (κ1) is 30.3. The molecule has 2 atom stereocenters. The fourth-order valence-electron chi connectivity index (χ4n) is 4.13. The molecule has 2 N–H and O–H groups in total. The van der Waals surface area contributed by atoms with E-state index in [1.54, 1.807) is 18.3 Å². The molecule has 2 aromatic heterocycles. The zero-order valence-corrected chi connectivity index (χ0v) is 23.3. The largest absolute Gasteiger partial charge is 0.445 e. The minimum Gasteiger partial charge on any atom is -0.445 e. The van der Waals surface area contributed by atoms with Crippen LogP contribution in [0.3, 0.4) is 0 Å². The van der Waals surface area contributed by atoms with Gasteiger partial charge in [0.1, 0.15) is 12.6 Å². The summed E-state index contributed by atoms with van der Waals surface area (Å²) in [5.41, 5.74) is 1.47. The van der Waals surface area contributed by atoms with Crippen molar-refractivity contribution in [2.24, 2.45) is 11.8 Å². The number of ether oxygens (including phenoxy) is 1. The number of hydrogen-bond donors (Lipinski definition) is 2. The van der Waals surface area contributed by atoms with Gasteiger partial charge < -0.3 is 15.4 Å². The topological polar surface area (TPSA) is 145 Å². The molecule has 11 nitrogen and oxygen atoms in total. The van der Waals surface area contributed by atoms with Crippen molar-refractivity contribution in [3.8, 4) is 0 Å². The van der Waals surface area contributed by atoms with E-state index < -0.39 is 29.8 Å². The van der Waals surface area contributed by atoms with Crippen LogP contribution in [0.15, 0.2) is 64.0 Å². The Kier molecular flexibility index (Phi) is 11.2. The smallest absolute Gasteiger partial charge is 0.442 e. The molecule has 0 aliphatic rings. The van der Waals surface area contributed by atoms with E-state index in [1.165, 1.54) is 0 Å². The number of benzene rings is 1. The second-order valence-corrected chi connectivity index (χ2v) is 10.5. The molecule has 0 saturated carbocycles. The number of carbonyl (C=O) groups is 3. The van der Waals surface area contributed by atoms with Gasteiger partial charge in [0, 0.05) is 14.7 Å². The maximum absolute atomic E-state index is 13.4. The predicted octanol–water partition coefficient (Wildman–Crippen LogP) is 3.76. The van der Waals surface area contributed by atoms with Crippen LogP contribution in [-0.4, -0.2) is 44.6 Å². The van der Waals surface area contributed by atoms with Crippen LogP contribution in [-0.2, 0) is 33.9 Å². The highest BCUT2D eigenvalue weighted by Crippen LogP contribution is 2.12. The molecule has 0 saturated heterocycles. The van der Waals surface area contributed by atoms with Crippen molar-refractivity contribution in [3.05, 3.63) is 82.4 Å². The zero-order valence-electron chi connectivity index (χ0n) is 23.3. The Hall–Kier alpha value is -4.28. The van der Waals surface area contributed by atoms with Crippen LogP contribution in [0.5, 0.6) is 0 Å². The lowest BCUT2D eigenvalue weighted by Gasteiger charge is -2.25. The second-order valence-electron chi connectivity index (χ2n) is 10.5. The summed E-state index contributed by atoms with van der Waals surface area (Å²) in [5.74, 6) is -1.26. The molecule has 11 heteroatoms. The summed E-state index contributed by atoms with van der Waals surface area (Å²) < 4.78 is 11.3. The normalized spacial score (nSPS) is 12.7. The van der Waals surface area contributed by atoms with Crippen molar-refractivity contribution in [2.75, 3.05) is 0 Å². The number of nitrogens with zero attached hydrogens (tertiary/aromatic N) is 3. The lowest BCUT2D eigenvalue weighted by Crippen LogP contribution is -2.53. The SMILES string of the molecule is CC(C)C[C@H](NC(=O)[C@H](CC(C)C)NC(=O)OCc1ccccc1)C(=O)Cn1c(Cc2ccccn2)noc1=O.[HH].[HH].